The minimum absolute atomic E-state index is 0.143. The van der Waals surface area contributed by atoms with Gasteiger partial charge in [0, 0.05) is 18.2 Å². The van der Waals surface area contributed by atoms with Crippen LogP contribution in [-0.2, 0) is 14.8 Å². The largest absolute Gasteiger partial charge is 0.378 e. The molecular formula is C14H19NO4S. The molecule has 20 heavy (non-hydrogen) atoms. The SMILES string of the molecule is CCC1COCCN1S(=O)(=O)c1cccc(C(C)=O)c1. The minimum atomic E-state index is -3.58. The normalized spacial score (nSPS) is 20.8. The summed E-state index contributed by atoms with van der Waals surface area (Å²) in [6.45, 7) is 4.54. The molecule has 0 saturated carbocycles. The maximum Gasteiger partial charge on any atom is 0.243 e. The van der Waals surface area contributed by atoms with Gasteiger partial charge in [-0.15, -0.1) is 0 Å². The predicted octanol–water partition coefficient (Wildman–Crippen LogP) is 1.69. The fourth-order valence-corrected chi connectivity index (χ4v) is 4.00. The van der Waals surface area contributed by atoms with Crippen molar-refractivity contribution in [2.45, 2.75) is 31.2 Å². The van der Waals surface area contributed by atoms with Crippen molar-refractivity contribution in [3.05, 3.63) is 29.8 Å². The monoisotopic (exact) mass is 297 g/mol. The number of ether oxygens (including phenoxy) is 1. The molecule has 1 atom stereocenters. The van der Waals surface area contributed by atoms with E-state index in [9.17, 15) is 13.2 Å². The second kappa shape index (κ2) is 6.03. The van der Waals surface area contributed by atoms with Crippen LogP contribution in [0.15, 0.2) is 29.2 Å². The highest BCUT2D eigenvalue weighted by atomic mass is 32.2. The van der Waals surface area contributed by atoms with Crippen LogP contribution in [0.25, 0.3) is 0 Å². The van der Waals surface area contributed by atoms with Crippen LogP contribution in [0.3, 0.4) is 0 Å². The molecule has 1 saturated heterocycles. The molecule has 0 bridgehead atoms. The van der Waals surface area contributed by atoms with Crippen molar-refractivity contribution in [2.75, 3.05) is 19.8 Å². The van der Waals surface area contributed by atoms with Crippen LogP contribution in [0.4, 0.5) is 0 Å². The summed E-state index contributed by atoms with van der Waals surface area (Å²) in [4.78, 5) is 11.6. The Hall–Kier alpha value is -1.24. The summed E-state index contributed by atoms with van der Waals surface area (Å²) >= 11 is 0. The number of morpholine rings is 1. The maximum atomic E-state index is 12.7. The first-order valence-electron chi connectivity index (χ1n) is 6.67. The third kappa shape index (κ3) is 2.92. The number of hydrogen-bond acceptors (Lipinski definition) is 4. The number of carbonyl (C=O) groups excluding carboxylic acids is 1. The van der Waals surface area contributed by atoms with Gasteiger partial charge in [0.05, 0.1) is 18.1 Å². The average Bonchev–Trinajstić information content (AvgIpc) is 2.47. The lowest BCUT2D eigenvalue weighted by Crippen LogP contribution is -2.48. The zero-order valence-electron chi connectivity index (χ0n) is 11.7. The molecule has 1 aromatic carbocycles. The van der Waals surface area contributed by atoms with E-state index in [0.717, 1.165) is 0 Å². The molecule has 5 nitrogen and oxygen atoms in total. The molecule has 2 rings (SSSR count). The van der Waals surface area contributed by atoms with E-state index in [1.54, 1.807) is 12.1 Å². The predicted molar refractivity (Wildman–Crippen MR) is 75.2 cm³/mol. The van der Waals surface area contributed by atoms with E-state index < -0.39 is 10.0 Å². The van der Waals surface area contributed by atoms with Crippen LogP contribution in [0, 0.1) is 0 Å². The van der Waals surface area contributed by atoms with Crippen molar-refractivity contribution >= 4 is 15.8 Å². The zero-order chi connectivity index (χ0) is 14.8. The molecule has 1 aliphatic heterocycles. The summed E-state index contributed by atoms with van der Waals surface area (Å²) in [6.07, 6.45) is 0.700. The molecule has 1 aliphatic rings. The highest BCUT2D eigenvalue weighted by molar-refractivity contribution is 7.89. The topological polar surface area (TPSA) is 63.7 Å². The molecule has 0 amide bonds. The van der Waals surface area contributed by atoms with Gasteiger partial charge < -0.3 is 4.74 Å². The van der Waals surface area contributed by atoms with Gasteiger partial charge in [-0.2, -0.15) is 4.31 Å². The quantitative estimate of drug-likeness (QED) is 0.793. The molecule has 1 fully saturated rings. The van der Waals surface area contributed by atoms with E-state index in [1.807, 2.05) is 6.92 Å². The van der Waals surface area contributed by atoms with Crippen LogP contribution in [0.2, 0.25) is 0 Å². The van der Waals surface area contributed by atoms with E-state index in [0.29, 0.717) is 31.7 Å². The molecule has 1 unspecified atom stereocenters. The Morgan fingerprint density at radius 2 is 2.20 bits per heavy atom. The second-order valence-electron chi connectivity index (χ2n) is 4.84. The van der Waals surface area contributed by atoms with Gasteiger partial charge in [0.2, 0.25) is 10.0 Å². The van der Waals surface area contributed by atoms with Crippen LogP contribution in [0.5, 0.6) is 0 Å². The summed E-state index contributed by atoms with van der Waals surface area (Å²) in [5, 5.41) is 0. The van der Waals surface area contributed by atoms with E-state index in [-0.39, 0.29) is 16.7 Å². The number of ketones is 1. The molecule has 1 heterocycles. The van der Waals surface area contributed by atoms with Gasteiger partial charge in [-0.1, -0.05) is 19.1 Å². The van der Waals surface area contributed by atoms with Crippen LogP contribution in [-0.4, -0.2) is 44.3 Å². The zero-order valence-corrected chi connectivity index (χ0v) is 12.5. The maximum absolute atomic E-state index is 12.7. The number of nitrogens with zero attached hydrogens (tertiary/aromatic N) is 1. The van der Waals surface area contributed by atoms with E-state index in [2.05, 4.69) is 0 Å². The second-order valence-corrected chi connectivity index (χ2v) is 6.73. The fraction of sp³-hybridized carbons (Fsp3) is 0.500. The Morgan fingerprint density at radius 1 is 1.45 bits per heavy atom. The summed E-state index contributed by atoms with van der Waals surface area (Å²) < 4.78 is 32.2. The fourth-order valence-electron chi connectivity index (χ4n) is 2.29. The van der Waals surface area contributed by atoms with Crippen molar-refractivity contribution < 1.29 is 17.9 Å². The van der Waals surface area contributed by atoms with Crippen LogP contribution >= 0.6 is 0 Å². The molecule has 0 radical (unpaired) electrons. The Kier molecular flexibility index (Phi) is 4.57. The van der Waals surface area contributed by atoms with Gasteiger partial charge in [-0.3, -0.25) is 4.79 Å². The van der Waals surface area contributed by atoms with Crippen molar-refractivity contribution in [3.63, 3.8) is 0 Å². The molecule has 110 valence electrons. The van der Waals surface area contributed by atoms with Gasteiger partial charge in [0.1, 0.15) is 0 Å². The summed E-state index contributed by atoms with van der Waals surface area (Å²) in [7, 11) is -3.58. The van der Waals surface area contributed by atoms with Crippen molar-refractivity contribution in [3.8, 4) is 0 Å². The Labute approximate surface area is 119 Å². The van der Waals surface area contributed by atoms with E-state index >= 15 is 0 Å². The van der Waals surface area contributed by atoms with Crippen LogP contribution < -0.4 is 0 Å². The summed E-state index contributed by atoms with van der Waals surface area (Å²) in [5.41, 5.74) is 0.410. The molecule has 0 N–H and O–H groups in total. The lowest BCUT2D eigenvalue weighted by atomic mass is 10.2. The lowest BCUT2D eigenvalue weighted by molar-refractivity contribution is 0.0314. The lowest BCUT2D eigenvalue weighted by Gasteiger charge is -2.34. The van der Waals surface area contributed by atoms with Gasteiger partial charge >= 0.3 is 0 Å². The first kappa shape index (κ1) is 15.2. The number of benzene rings is 1. The molecule has 0 aliphatic carbocycles. The van der Waals surface area contributed by atoms with Gasteiger partial charge in [0.25, 0.3) is 0 Å². The van der Waals surface area contributed by atoms with Gasteiger partial charge in [-0.05, 0) is 25.5 Å². The highest BCUT2D eigenvalue weighted by Gasteiger charge is 2.33. The third-order valence-electron chi connectivity index (χ3n) is 3.49. The molecule has 6 heteroatoms. The Balaban J connectivity index is 2.38. The van der Waals surface area contributed by atoms with Gasteiger partial charge in [0.15, 0.2) is 5.78 Å². The summed E-state index contributed by atoms with van der Waals surface area (Å²) in [6, 6.07) is 6.06. The third-order valence-corrected chi connectivity index (χ3v) is 5.44. The van der Waals surface area contributed by atoms with Crippen molar-refractivity contribution in [2.24, 2.45) is 0 Å². The number of rotatable bonds is 4. The molecule has 1 aromatic rings. The molecule has 0 aromatic heterocycles. The number of carbonyl (C=O) groups is 1. The van der Waals surface area contributed by atoms with Crippen molar-refractivity contribution in [1.29, 1.82) is 0 Å². The Morgan fingerprint density at radius 3 is 2.85 bits per heavy atom. The van der Waals surface area contributed by atoms with Gasteiger partial charge in [-0.25, -0.2) is 8.42 Å². The number of hydrogen-bond donors (Lipinski definition) is 0. The molecular weight excluding hydrogens is 278 g/mol. The standard InChI is InChI=1S/C14H19NO4S/c1-3-13-10-19-8-7-15(13)20(17,18)14-6-4-5-12(9-14)11(2)16/h4-6,9,13H,3,7-8,10H2,1-2H3. The van der Waals surface area contributed by atoms with E-state index in [4.69, 9.17) is 4.74 Å². The summed E-state index contributed by atoms with van der Waals surface area (Å²) in [5.74, 6) is -0.143. The smallest absolute Gasteiger partial charge is 0.243 e. The number of Topliss-reactive ketones (excluding diaryl/α,β-unsaturated/α-hetero) is 1. The van der Waals surface area contributed by atoms with E-state index in [1.165, 1.54) is 23.4 Å². The molecule has 0 spiro atoms. The highest BCUT2D eigenvalue weighted by Crippen LogP contribution is 2.23. The minimum Gasteiger partial charge on any atom is -0.378 e. The number of sulfonamides is 1. The van der Waals surface area contributed by atoms with Crippen molar-refractivity contribution in [1.82, 2.24) is 4.31 Å². The average molecular weight is 297 g/mol. The Bertz CT molecular complexity index is 597. The first-order valence-corrected chi connectivity index (χ1v) is 8.11. The first-order chi connectivity index (χ1) is 9.46. The van der Waals surface area contributed by atoms with Crippen LogP contribution in [0.1, 0.15) is 30.6 Å².